The predicted molar refractivity (Wildman–Crippen MR) is 110 cm³/mol. The molecule has 0 amide bonds. The molecule has 0 saturated carbocycles. The van der Waals surface area contributed by atoms with Crippen molar-refractivity contribution in [1.29, 1.82) is 0 Å². The van der Waals surface area contributed by atoms with Gasteiger partial charge in [0.1, 0.15) is 5.75 Å². The summed E-state index contributed by atoms with van der Waals surface area (Å²) in [5.41, 5.74) is 5.06. The van der Waals surface area contributed by atoms with Crippen LogP contribution in [0.15, 0.2) is 42.5 Å². The van der Waals surface area contributed by atoms with E-state index in [2.05, 4.69) is 18.4 Å². The summed E-state index contributed by atoms with van der Waals surface area (Å²) in [7, 11) is 0. The minimum absolute atomic E-state index is 0.226. The Bertz CT molecular complexity index is 1000. The molecule has 0 bridgehead atoms. The van der Waals surface area contributed by atoms with Gasteiger partial charge in [0.15, 0.2) is 0 Å². The highest BCUT2D eigenvalue weighted by atomic mass is 16.4. The van der Waals surface area contributed by atoms with E-state index < -0.39 is 12.1 Å². The van der Waals surface area contributed by atoms with Crippen LogP contribution < -0.4 is 0 Å². The fourth-order valence-corrected chi connectivity index (χ4v) is 3.82. The Hall–Kier alpha value is -2.79. The molecule has 1 heterocycles. The molecule has 3 aromatic rings. The number of hydrogen-bond acceptors (Lipinski definition) is 3. The second kappa shape index (κ2) is 8.07. The largest absolute Gasteiger partial charge is 0.508 e. The van der Waals surface area contributed by atoms with E-state index >= 15 is 0 Å². The summed E-state index contributed by atoms with van der Waals surface area (Å²) in [5, 5.41) is 30.2. The third-order valence-electron chi connectivity index (χ3n) is 5.27. The highest BCUT2D eigenvalue weighted by molar-refractivity contribution is 5.85. The zero-order valence-electron chi connectivity index (χ0n) is 16.5. The van der Waals surface area contributed by atoms with Crippen LogP contribution in [-0.2, 0) is 17.8 Å². The lowest BCUT2D eigenvalue weighted by atomic mass is 9.99. The molecule has 1 atom stereocenters. The van der Waals surface area contributed by atoms with E-state index in [0.29, 0.717) is 18.7 Å². The van der Waals surface area contributed by atoms with Gasteiger partial charge in [-0.3, -0.25) is 4.79 Å². The smallest absolute Gasteiger partial charge is 0.305 e. The van der Waals surface area contributed by atoms with Crippen LogP contribution in [0.4, 0.5) is 0 Å². The molecule has 0 aliphatic carbocycles. The normalized spacial score (nSPS) is 12.6. The van der Waals surface area contributed by atoms with Crippen molar-refractivity contribution in [3.05, 3.63) is 64.8 Å². The molecule has 0 saturated heterocycles. The van der Waals surface area contributed by atoms with Gasteiger partial charge in [0.05, 0.1) is 12.5 Å². The molecule has 148 valence electrons. The summed E-state index contributed by atoms with van der Waals surface area (Å²) in [6.07, 6.45) is -0.885. The van der Waals surface area contributed by atoms with Crippen molar-refractivity contribution in [2.24, 2.45) is 0 Å². The summed E-state index contributed by atoms with van der Waals surface area (Å²) in [6, 6.07) is 13.7. The number of carboxylic acid groups (broad SMARTS) is 1. The maximum Gasteiger partial charge on any atom is 0.305 e. The first-order valence-electron chi connectivity index (χ1n) is 9.56. The number of aliphatic carboxylic acids is 1. The van der Waals surface area contributed by atoms with Crippen LogP contribution in [0, 0.1) is 6.92 Å². The summed E-state index contributed by atoms with van der Waals surface area (Å²) in [6.45, 7) is 6.75. The minimum atomic E-state index is -1.00. The van der Waals surface area contributed by atoms with Crippen LogP contribution in [-0.4, -0.2) is 32.0 Å². The molecule has 5 heteroatoms. The number of carbonyl (C=O) groups is 1. The van der Waals surface area contributed by atoms with Gasteiger partial charge < -0.3 is 19.9 Å². The van der Waals surface area contributed by atoms with Crippen molar-refractivity contribution in [2.75, 3.05) is 0 Å². The van der Waals surface area contributed by atoms with Gasteiger partial charge in [-0.1, -0.05) is 44.2 Å². The number of fused-ring (bicyclic) bond motifs is 1. The van der Waals surface area contributed by atoms with Crippen LogP contribution in [0.2, 0.25) is 0 Å². The molecule has 3 N–H and O–H groups in total. The summed E-state index contributed by atoms with van der Waals surface area (Å²) >= 11 is 0. The van der Waals surface area contributed by atoms with Gasteiger partial charge in [-0.15, -0.1) is 0 Å². The van der Waals surface area contributed by atoms with Gasteiger partial charge >= 0.3 is 5.97 Å². The predicted octanol–water partition coefficient (Wildman–Crippen LogP) is 4.21. The molecule has 1 aromatic heterocycles. The fourth-order valence-electron chi connectivity index (χ4n) is 3.82. The molecular formula is C23H27NO4. The minimum Gasteiger partial charge on any atom is -0.508 e. The number of aromatic hydroxyl groups is 1. The zero-order valence-corrected chi connectivity index (χ0v) is 16.5. The molecule has 28 heavy (non-hydrogen) atoms. The number of benzene rings is 2. The Morgan fingerprint density at radius 2 is 1.86 bits per heavy atom. The molecule has 0 radical (unpaired) electrons. The third kappa shape index (κ3) is 4.04. The highest BCUT2D eigenvalue weighted by Gasteiger charge is 2.19. The van der Waals surface area contributed by atoms with E-state index in [4.69, 9.17) is 5.11 Å². The average Bonchev–Trinajstić information content (AvgIpc) is 2.88. The second-order valence-corrected chi connectivity index (χ2v) is 7.67. The van der Waals surface area contributed by atoms with E-state index in [1.165, 1.54) is 0 Å². The van der Waals surface area contributed by atoms with Gasteiger partial charge in [0, 0.05) is 29.6 Å². The molecule has 3 rings (SSSR count). The van der Waals surface area contributed by atoms with E-state index in [9.17, 15) is 15.0 Å². The number of phenolic OH excluding ortho intramolecular Hbond substituents is 1. The SMILES string of the molecule is Cc1c(CC(O)CC(=O)O)c2ccccc2n1Cc1ccc(O)c(C(C)C)c1. The Morgan fingerprint density at radius 1 is 1.14 bits per heavy atom. The monoisotopic (exact) mass is 381 g/mol. The lowest BCUT2D eigenvalue weighted by molar-refractivity contribution is -0.139. The van der Waals surface area contributed by atoms with E-state index in [-0.39, 0.29) is 12.3 Å². The first-order chi connectivity index (χ1) is 13.3. The Labute approximate surface area is 164 Å². The molecule has 1 unspecified atom stereocenters. The molecule has 5 nitrogen and oxygen atoms in total. The lowest BCUT2D eigenvalue weighted by Gasteiger charge is -2.14. The van der Waals surface area contributed by atoms with Gasteiger partial charge in [0.2, 0.25) is 0 Å². The van der Waals surface area contributed by atoms with Crippen molar-refractivity contribution in [2.45, 2.75) is 52.2 Å². The second-order valence-electron chi connectivity index (χ2n) is 7.67. The van der Waals surface area contributed by atoms with Crippen LogP contribution in [0.5, 0.6) is 5.75 Å². The van der Waals surface area contributed by atoms with Gasteiger partial charge in [0.25, 0.3) is 0 Å². The Kier molecular flexibility index (Phi) is 5.75. The molecule has 0 fully saturated rings. The number of carboxylic acids is 1. The van der Waals surface area contributed by atoms with E-state index in [0.717, 1.165) is 33.3 Å². The molecule has 0 aliphatic rings. The zero-order chi connectivity index (χ0) is 20.4. The summed E-state index contributed by atoms with van der Waals surface area (Å²) in [4.78, 5) is 10.9. The van der Waals surface area contributed by atoms with Crippen LogP contribution >= 0.6 is 0 Å². The Balaban J connectivity index is 2.01. The standard InChI is InChI=1S/C23H27NO4/c1-14(2)19-10-16(8-9-22(19)26)13-24-15(3)20(11-17(25)12-23(27)28)18-6-4-5-7-21(18)24/h4-10,14,17,25-26H,11-13H2,1-3H3,(H,27,28). The number of hydrogen-bond donors (Lipinski definition) is 3. The van der Waals surface area contributed by atoms with E-state index in [1.54, 1.807) is 6.07 Å². The van der Waals surface area contributed by atoms with Crippen molar-refractivity contribution in [1.82, 2.24) is 4.57 Å². The number of aliphatic hydroxyl groups is 1. The topological polar surface area (TPSA) is 82.7 Å². The maximum absolute atomic E-state index is 10.9. The highest BCUT2D eigenvalue weighted by Crippen LogP contribution is 2.30. The molecule has 2 aromatic carbocycles. The lowest BCUT2D eigenvalue weighted by Crippen LogP contribution is -2.16. The first kappa shape index (κ1) is 20.0. The van der Waals surface area contributed by atoms with Crippen molar-refractivity contribution in [3.63, 3.8) is 0 Å². The number of rotatable bonds is 7. The number of aliphatic hydroxyl groups excluding tert-OH is 1. The first-order valence-corrected chi connectivity index (χ1v) is 9.56. The number of nitrogens with zero attached hydrogens (tertiary/aromatic N) is 1. The summed E-state index contributed by atoms with van der Waals surface area (Å²) < 4.78 is 2.19. The number of phenols is 1. The summed E-state index contributed by atoms with van der Waals surface area (Å²) in [5.74, 6) is -0.464. The third-order valence-corrected chi connectivity index (χ3v) is 5.27. The van der Waals surface area contributed by atoms with E-state index in [1.807, 2.05) is 43.3 Å². The van der Waals surface area contributed by atoms with Gasteiger partial charge in [-0.05, 0) is 41.7 Å². The number of para-hydroxylation sites is 1. The average molecular weight is 381 g/mol. The van der Waals surface area contributed by atoms with Crippen LogP contribution in [0.25, 0.3) is 10.9 Å². The van der Waals surface area contributed by atoms with Crippen molar-refractivity contribution >= 4 is 16.9 Å². The molecule has 0 spiro atoms. The van der Waals surface area contributed by atoms with Crippen molar-refractivity contribution < 1.29 is 20.1 Å². The molecular weight excluding hydrogens is 354 g/mol. The Morgan fingerprint density at radius 3 is 2.54 bits per heavy atom. The fraction of sp³-hybridized carbons (Fsp3) is 0.348. The van der Waals surface area contributed by atoms with Crippen LogP contribution in [0.3, 0.4) is 0 Å². The quantitative estimate of drug-likeness (QED) is 0.573. The molecule has 0 aliphatic heterocycles. The maximum atomic E-state index is 10.9. The van der Waals surface area contributed by atoms with Gasteiger partial charge in [-0.25, -0.2) is 0 Å². The van der Waals surface area contributed by atoms with Crippen LogP contribution in [0.1, 0.15) is 48.6 Å². The van der Waals surface area contributed by atoms with Gasteiger partial charge in [-0.2, -0.15) is 0 Å². The van der Waals surface area contributed by atoms with Crippen molar-refractivity contribution in [3.8, 4) is 5.75 Å². The number of aromatic nitrogens is 1.